The maximum atomic E-state index is 13.1. The molecule has 0 radical (unpaired) electrons. The molecule has 6 atom stereocenters. The first-order chi connectivity index (χ1) is 17.3. The highest BCUT2D eigenvalue weighted by Crippen LogP contribution is 2.75. The molecule has 0 amide bonds. The molecule has 8 heteroatoms. The van der Waals surface area contributed by atoms with Crippen molar-refractivity contribution in [1.82, 2.24) is 14.9 Å². The number of aromatic hydroxyl groups is 1. The minimum atomic E-state index is -4.43. The van der Waals surface area contributed by atoms with E-state index in [2.05, 4.69) is 31.9 Å². The number of benzene rings is 1. The number of nitrogens with zero attached hydrogens (tertiary/aromatic N) is 4. The van der Waals surface area contributed by atoms with Crippen molar-refractivity contribution < 1.29 is 18.3 Å². The van der Waals surface area contributed by atoms with Gasteiger partial charge in [0.25, 0.3) is 0 Å². The van der Waals surface area contributed by atoms with Crippen molar-refractivity contribution in [3.8, 4) is 5.75 Å². The molecule has 1 aromatic heterocycles. The van der Waals surface area contributed by atoms with Crippen molar-refractivity contribution in [2.45, 2.75) is 68.6 Å². The molecule has 3 heterocycles. The predicted octanol–water partition coefficient (Wildman–Crippen LogP) is 4.78. The Balaban J connectivity index is 1.22. The number of fused-ring (bicyclic) bond motifs is 1. The number of hydrogen-bond acceptors (Lipinski definition) is 5. The minimum Gasteiger partial charge on any atom is -0.508 e. The van der Waals surface area contributed by atoms with Gasteiger partial charge in [0, 0.05) is 43.0 Å². The van der Waals surface area contributed by atoms with Crippen LogP contribution in [-0.2, 0) is 18.0 Å². The smallest absolute Gasteiger partial charge is 0.419 e. The molecule has 0 spiro atoms. The van der Waals surface area contributed by atoms with Gasteiger partial charge in [0.15, 0.2) is 0 Å². The minimum absolute atomic E-state index is 0.0122. The fourth-order valence-corrected chi connectivity index (χ4v) is 9.79. The molecule has 190 valence electrons. The Labute approximate surface area is 208 Å². The summed E-state index contributed by atoms with van der Waals surface area (Å²) >= 11 is 0. The SMILES string of the molecule is Oc1ccc2c(c1)C13CCN(CC4CC4)C(C2)C12CCC1C3[C@@H](CN1c1ncc(C(F)(F)F)cn1)C2. The number of anilines is 1. The molecule has 4 bridgehead atoms. The lowest BCUT2D eigenvalue weighted by Crippen LogP contribution is -2.69. The summed E-state index contributed by atoms with van der Waals surface area (Å²) in [5.74, 6) is 2.53. The molecule has 2 aromatic rings. The Morgan fingerprint density at radius 2 is 1.89 bits per heavy atom. The van der Waals surface area contributed by atoms with Crippen LogP contribution in [0.25, 0.3) is 0 Å². The fourth-order valence-electron chi connectivity index (χ4n) is 9.79. The molecule has 2 saturated heterocycles. The van der Waals surface area contributed by atoms with E-state index in [0.717, 1.165) is 63.5 Å². The summed E-state index contributed by atoms with van der Waals surface area (Å²) in [4.78, 5) is 13.5. The summed E-state index contributed by atoms with van der Waals surface area (Å²) in [6.45, 7) is 3.14. The number of rotatable bonds is 3. The van der Waals surface area contributed by atoms with E-state index in [4.69, 9.17) is 0 Å². The standard InChI is InChI=1S/C28H31F3N4O/c29-28(30,31)19-12-32-25(33-13-19)35-15-18-11-26-6-5-22(35)24(18)27(26)7-8-34(14-16-1-2-16)23(26)9-17-3-4-20(36)10-21(17)27/h3-4,10,12-13,16,18,22-24,36H,1-2,5-9,11,14-15H2/t18-,22?,23?,24?,26?,27?/m1/s1. The summed E-state index contributed by atoms with van der Waals surface area (Å²) in [6.07, 6.45) is 5.66. The average molecular weight is 497 g/mol. The van der Waals surface area contributed by atoms with Crippen LogP contribution in [0, 0.1) is 23.2 Å². The van der Waals surface area contributed by atoms with Crippen LogP contribution in [0.15, 0.2) is 30.6 Å². The molecular formula is C28H31F3N4O. The quantitative estimate of drug-likeness (QED) is 0.663. The number of piperidine rings is 1. The van der Waals surface area contributed by atoms with Crippen LogP contribution in [0.1, 0.15) is 55.2 Å². The molecule has 36 heavy (non-hydrogen) atoms. The second-order valence-electron chi connectivity index (χ2n) is 12.4. The van der Waals surface area contributed by atoms with Gasteiger partial charge in [-0.3, -0.25) is 4.90 Å². The van der Waals surface area contributed by atoms with Crippen molar-refractivity contribution >= 4 is 5.95 Å². The lowest BCUT2D eigenvalue weighted by molar-refractivity contribution is -0.138. The van der Waals surface area contributed by atoms with E-state index >= 15 is 0 Å². The van der Waals surface area contributed by atoms with Gasteiger partial charge in [-0.2, -0.15) is 13.2 Å². The van der Waals surface area contributed by atoms with Crippen LogP contribution >= 0.6 is 0 Å². The summed E-state index contributed by atoms with van der Waals surface area (Å²) in [5.41, 5.74) is 2.18. The zero-order chi connectivity index (χ0) is 24.4. The molecule has 5 fully saturated rings. The zero-order valence-electron chi connectivity index (χ0n) is 20.2. The Bertz CT molecular complexity index is 1230. The van der Waals surface area contributed by atoms with Gasteiger partial charge in [0.2, 0.25) is 5.95 Å². The largest absolute Gasteiger partial charge is 0.508 e. The molecule has 4 aliphatic carbocycles. The number of halogens is 3. The maximum absolute atomic E-state index is 13.1. The van der Waals surface area contributed by atoms with E-state index in [-0.39, 0.29) is 16.9 Å². The Morgan fingerprint density at radius 1 is 1.08 bits per heavy atom. The normalized spacial score (nSPS) is 38.7. The molecule has 5 nitrogen and oxygen atoms in total. The number of aromatic nitrogens is 2. The van der Waals surface area contributed by atoms with Crippen LogP contribution in [0.4, 0.5) is 19.1 Å². The highest BCUT2D eigenvalue weighted by molar-refractivity contribution is 5.53. The van der Waals surface area contributed by atoms with Crippen LogP contribution in [0.2, 0.25) is 0 Å². The first-order valence-electron chi connectivity index (χ1n) is 13.5. The van der Waals surface area contributed by atoms with Crippen molar-refractivity contribution in [2.75, 3.05) is 24.5 Å². The van der Waals surface area contributed by atoms with E-state index < -0.39 is 11.7 Å². The Morgan fingerprint density at radius 3 is 2.64 bits per heavy atom. The first kappa shape index (κ1) is 21.7. The number of hydrogen-bond donors (Lipinski definition) is 1. The van der Waals surface area contributed by atoms with Crippen LogP contribution in [0.5, 0.6) is 5.75 Å². The van der Waals surface area contributed by atoms with Gasteiger partial charge in [0.05, 0.1) is 5.56 Å². The maximum Gasteiger partial charge on any atom is 0.419 e. The fraction of sp³-hybridized carbons (Fsp3) is 0.643. The third-order valence-corrected chi connectivity index (χ3v) is 11.0. The summed E-state index contributed by atoms with van der Waals surface area (Å²) < 4.78 is 39.4. The van der Waals surface area contributed by atoms with Gasteiger partial charge in [-0.05, 0) is 97.9 Å². The molecule has 6 aliphatic rings. The summed E-state index contributed by atoms with van der Waals surface area (Å²) in [6, 6.07) is 6.83. The van der Waals surface area contributed by atoms with E-state index in [1.54, 1.807) is 0 Å². The highest BCUT2D eigenvalue weighted by atomic mass is 19.4. The third kappa shape index (κ3) is 2.66. The summed E-state index contributed by atoms with van der Waals surface area (Å²) in [5, 5.41) is 10.6. The van der Waals surface area contributed by atoms with Gasteiger partial charge >= 0.3 is 6.18 Å². The third-order valence-electron chi connectivity index (χ3n) is 11.0. The zero-order valence-corrected chi connectivity index (χ0v) is 20.2. The number of alkyl halides is 3. The van der Waals surface area contributed by atoms with Crippen molar-refractivity contribution in [1.29, 1.82) is 0 Å². The Kier molecular flexibility index (Phi) is 4.18. The first-order valence-corrected chi connectivity index (χ1v) is 13.5. The topological polar surface area (TPSA) is 52.5 Å². The summed E-state index contributed by atoms with van der Waals surface area (Å²) in [7, 11) is 0. The van der Waals surface area contributed by atoms with Gasteiger partial charge in [-0.15, -0.1) is 0 Å². The molecule has 3 saturated carbocycles. The molecule has 2 aliphatic heterocycles. The van der Waals surface area contributed by atoms with E-state index in [0.29, 0.717) is 29.6 Å². The van der Waals surface area contributed by atoms with Gasteiger partial charge < -0.3 is 10.0 Å². The predicted molar refractivity (Wildman–Crippen MR) is 128 cm³/mol. The molecule has 1 N–H and O–H groups in total. The Hall–Kier alpha value is -2.35. The molecule has 8 rings (SSSR count). The van der Waals surface area contributed by atoms with Crippen LogP contribution in [-0.4, -0.2) is 51.7 Å². The van der Waals surface area contributed by atoms with Gasteiger partial charge in [0.1, 0.15) is 5.75 Å². The van der Waals surface area contributed by atoms with Gasteiger partial charge in [-0.25, -0.2) is 9.97 Å². The van der Waals surface area contributed by atoms with E-state index in [1.165, 1.54) is 30.5 Å². The lowest BCUT2D eigenvalue weighted by Gasteiger charge is -2.66. The van der Waals surface area contributed by atoms with Gasteiger partial charge in [-0.1, -0.05) is 6.07 Å². The molecular weight excluding hydrogens is 465 g/mol. The molecule has 1 aromatic carbocycles. The van der Waals surface area contributed by atoms with E-state index in [9.17, 15) is 18.3 Å². The number of phenols is 1. The van der Waals surface area contributed by atoms with Crippen molar-refractivity contribution in [2.24, 2.45) is 23.2 Å². The van der Waals surface area contributed by atoms with Crippen LogP contribution < -0.4 is 4.90 Å². The second-order valence-corrected chi connectivity index (χ2v) is 12.4. The molecule has 5 unspecified atom stereocenters. The number of phenolic OH excluding ortho intramolecular Hbond substituents is 1. The van der Waals surface area contributed by atoms with Crippen molar-refractivity contribution in [3.63, 3.8) is 0 Å². The monoisotopic (exact) mass is 496 g/mol. The highest BCUT2D eigenvalue weighted by Gasteiger charge is 2.76. The average Bonchev–Trinajstić information content (AvgIpc) is 3.54. The lowest BCUT2D eigenvalue weighted by atomic mass is 9.43. The van der Waals surface area contributed by atoms with Crippen molar-refractivity contribution in [3.05, 3.63) is 47.3 Å². The second kappa shape index (κ2) is 6.94. The van der Waals surface area contributed by atoms with E-state index in [1.807, 2.05) is 6.07 Å². The number of likely N-dealkylation sites (tertiary alicyclic amines) is 1. The van der Waals surface area contributed by atoms with Crippen LogP contribution in [0.3, 0.4) is 0 Å².